The van der Waals surface area contributed by atoms with Gasteiger partial charge in [0.2, 0.25) is 5.95 Å². The molecular weight excluding hydrogens is 338 g/mol. The van der Waals surface area contributed by atoms with E-state index in [1.165, 1.54) is 19.2 Å². The summed E-state index contributed by atoms with van der Waals surface area (Å²) in [5.41, 5.74) is -2.17. The van der Waals surface area contributed by atoms with E-state index in [0.29, 0.717) is 12.5 Å². The van der Waals surface area contributed by atoms with Gasteiger partial charge in [-0.3, -0.25) is 9.36 Å². The summed E-state index contributed by atoms with van der Waals surface area (Å²) < 4.78 is 53.4. The molecule has 0 saturated heterocycles. The lowest BCUT2D eigenvalue weighted by atomic mass is 10.1. The summed E-state index contributed by atoms with van der Waals surface area (Å²) in [4.78, 5) is 15.0. The molecule has 2 rings (SSSR count). The minimum atomic E-state index is -4.78. The molecule has 0 saturated carbocycles. The average molecular weight is 350 g/mol. The summed E-state index contributed by atoms with van der Waals surface area (Å²) in [6, 6.07) is 3.06. The molecule has 0 amide bonds. The third kappa shape index (κ3) is 3.47. The number of aromatic nitrogens is 2. The Balaban J connectivity index is 2.53. The van der Waals surface area contributed by atoms with Gasteiger partial charge in [-0.05, 0) is 18.6 Å². The summed E-state index contributed by atoms with van der Waals surface area (Å²) in [6.45, 7) is 1.69. The zero-order valence-corrected chi connectivity index (χ0v) is 12.9. The first-order valence-electron chi connectivity index (χ1n) is 6.54. The maximum Gasteiger partial charge on any atom is 0.433 e. The van der Waals surface area contributed by atoms with Crippen LogP contribution in [0, 0.1) is 5.82 Å². The topological polar surface area (TPSA) is 46.9 Å². The number of rotatable bonds is 3. The maximum atomic E-state index is 14.3. The van der Waals surface area contributed by atoms with Gasteiger partial charge >= 0.3 is 6.18 Å². The molecule has 1 aromatic heterocycles. The van der Waals surface area contributed by atoms with Gasteiger partial charge in [0.15, 0.2) is 11.5 Å². The highest BCUT2D eigenvalue weighted by atomic mass is 35.5. The van der Waals surface area contributed by atoms with Crippen molar-refractivity contribution in [2.45, 2.75) is 19.5 Å². The highest BCUT2D eigenvalue weighted by molar-refractivity contribution is 6.31. The van der Waals surface area contributed by atoms with Crippen LogP contribution in [0.5, 0.6) is 0 Å². The molecule has 0 spiro atoms. The van der Waals surface area contributed by atoms with E-state index in [2.05, 4.69) is 10.3 Å². The van der Waals surface area contributed by atoms with Gasteiger partial charge in [0.1, 0.15) is 0 Å². The number of hydrogen-bond donors (Lipinski definition) is 1. The van der Waals surface area contributed by atoms with Gasteiger partial charge in [0.05, 0.1) is 5.69 Å². The zero-order valence-electron chi connectivity index (χ0n) is 12.1. The first-order valence-corrected chi connectivity index (χ1v) is 6.92. The van der Waals surface area contributed by atoms with Gasteiger partial charge in [-0.2, -0.15) is 13.2 Å². The lowest BCUT2D eigenvalue weighted by Crippen LogP contribution is -2.24. The first-order chi connectivity index (χ1) is 10.6. The van der Waals surface area contributed by atoms with Gasteiger partial charge in [0, 0.05) is 23.7 Å². The van der Waals surface area contributed by atoms with Crippen molar-refractivity contribution >= 4 is 23.2 Å². The Morgan fingerprint density at radius 1 is 1.35 bits per heavy atom. The fourth-order valence-electron chi connectivity index (χ4n) is 1.94. The molecule has 1 aromatic carbocycles. The van der Waals surface area contributed by atoms with Crippen LogP contribution in [0.25, 0.3) is 0 Å². The van der Waals surface area contributed by atoms with Gasteiger partial charge in [0.25, 0.3) is 5.56 Å². The molecule has 0 fully saturated rings. The number of halogens is 5. The Bertz CT molecular complexity index is 802. The van der Waals surface area contributed by atoms with Crippen molar-refractivity contribution in [2.75, 3.05) is 5.32 Å². The molecule has 0 radical (unpaired) electrons. The van der Waals surface area contributed by atoms with Crippen molar-refractivity contribution < 1.29 is 17.6 Å². The molecule has 1 N–H and O–H groups in total. The fraction of sp³-hybridized carbons (Fsp3) is 0.286. The summed E-state index contributed by atoms with van der Waals surface area (Å²) in [6.07, 6.45) is -4.48. The molecule has 4 nitrogen and oxygen atoms in total. The molecule has 2 aromatic rings. The summed E-state index contributed by atoms with van der Waals surface area (Å²) in [7, 11) is 1.23. The van der Waals surface area contributed by atoms with E-state index in [1.54, 1.807) is 6.92 Å². The number of alkyl halides is 3. The van der Waals surface area contributed by atoms with Crippen molar-refractivity contribution in [3.8, 4) is 0 Å². The van der Waals surface area contributed by atoms with E-state index in [1.807, 2.05) is 0 Å². The molecule has 0 unspecified atom stereocenters. The third-order valence-electron chi connectivity index (χ3n) is 3.21. The van der Waals surface area contributed by atoms with Crippen molar-refractivity contribution in [1.82, 2.24) is 9.55 Å². The Morgan fingerprint density at radius 2 is 2.00 bits per heavy atom. The van der Waals surface area contributed by atoms with Crippen LogP contribution >= 0.6 is 11.6 Å². The highest BCUT2D eigenvalue weighted by Crippen LogP contribution is 2.30. The van der Waals surface area contributed by atoms with Gasteiger partial charge in [-0.1, -0.05) is 18.5 Å². The first kappa shape index (κ1) is 17.3. The second-order valence-electron chi connectivity index (χ2n) is 4.73. The van der Waals surface area contributed by atoms with Crippen LogP contribution in [0.2, 0.25) is 5.02 Å². The molecule has 23 heavy (non-hydrogen) atoms. The van der Waals surface area contributed by atoms with Crippen LogP contribution in [0.15, 0.2) is 23.0 Å². The largest absolute Gasteiger partial charge is 0.433 e. The molecular formula is C14H12ClF4N3O. The fourth-order valence-corrected chi connectivity index (χ4v) is 2.21. The summed E-state index contributed by atoms with van der Waals surface area (Å²) in [5, 5.41) is 2.62. The van der Waals surface area contributed by atoms with Crippen molar-refractivity contribution in [1.29, 1.82) is 0 Å². The molecule has 1 heterocycles. The molecule has 0 aliphatic rings. The van der Waals surface area contributed by atoms with Gasteiger partial charge in [-0.15, -0.1) is 0 Å². The SMILES string of the molecule is CCc1c(Cl)ccc(Nc2nc(C(F)(F)F)cc(=O)n2C)c1F. The maximum absolute atomic E-state index is 14.3. The monoisotopic (exact) mass is 349 g/mol. The van der Waals surface area contributed by atoms with E-state index in [-0.39, 0.29) is 16.3 Å². The van der Waals surface area contributed by atoms with Crippen LogP contribution < -0.4 is 10.9 Å². The Labute approximate surface area is 133 Å². The number of anilines is 2. The van der Waals surface area contributed by atoms with Crippen LogP contribution in [0.4, 0.5) is 29.2 Å². The predicted molar refractivity (Wildman–Crippen MR) is 78.6 cm³/mol. The standard InChI is InChI=1S/C14H12ClF4N3O/c1-3-7-8(15)4-5-9(12(7)16)20-13-21-10(14(17,18)19)6-11(23)22(13)2/h4-6H,3H2,1-2H3,(H,20,21). The van der Waals surface area contributed by atoms with Crippen molar-refractivity contribution in [3.63, 3.8) is 0 Å². The van der Waals surface area contributed by atoms with Crippen LogP contribution in [0.3, 0.4) is 0 Å². The third-order valence-corrected chi connectivity index (χ3v) is 3.57. The minimum Gasteiger partial charge on any atom is -0.323 e. The van der Waals surface area contributed by atoms with Gasteiger partial charge in [-0.25, -0.2) is 9.37 Å². The predicted octanol–water partition coefficient (Wildman–Crippen LogP) is 3.90. The number of benzene rings is 1. The van der Waals surface area contributed by atoms with E-state index >= 15 is 0 Å². The highest BCUT2D eigenvalue weighted by Gasteiger charge is 2.34. The zero-order chi connectivity index (χ0) is 17.4. The Morgan fingerprint density at radius 3 is 2.57 bits per heavy atom. The number of nitrogens with zero attached hydrogens (tertiary/aromatic N) is 2. The lowest BCUT2D eigenvalue weighted by Gasteiger charge is -2.14. The Kier molecular flexibility index (Phi) is 4.65. The van der Waals surface area contributed by atoms with E-state index in [0.717, 1.165) is 4.57 Å². The van der Waals surface area contributed by atoms with Crippen molar-refractivity contribution in [2.24, 2.45) is 7.05 Å². The minimum absolute atomic E-state index is 0.118. The lowest BCUT2D eigenvalue weighted by molar-refractivity contribution is -0.141. The smallest absolute Gasteiger partial charge is 0.323 e. The molecule has 0 bridgehead atoms. The normalized spacial score (nSPS) is 11.6. The van der Waals surface area contributed by atoms with Crippen LogP contribution in [0.1, 0.15) is 18.2 Å². The van der Waals surface area contributed by atoms with E-state index in [4.69, 9.17) is 11.6 Å². The molecule has 0 aliphatic heterocycles. The summed E-state index contributed by atoms with van der Waals surface area (Å²) >= 11 is 5.86. The average Bonchev–Trinajstić information content (AvgIpc) is 2.45. The molecule has 0 atom stereocenters. The van der Waals surface area contributed by atoms with Crippen LogP contribution in [-0.2, 0) is 19.6 Å². The molecule has 0 aliphatic carbocycles. The summed E-state index contributed by atoms with van der Waals surface area (Å²) in [5.74, 6) is -1.13. The molecule has 124 valence electrons. The number of nitrogens with one attached hydrogen (secondary N) is 1. The van der Waals surface area contributed by atoms with Gasteiger partial charge < -0.3 is 5.32 Å². The second-order valence-corrected chi connectivity index (χ2v) is 5.13. The molecule has 9 heteroatoms. The van der Waals surface area contributed by atoms with E-state index < -0.39 is 29.2 Å². The quantitative estimate of drug-likeness (QED) is 0.855. The van der Waals surface area contributed by atoms with E-state index in [9.17, 15) is 22.4 Å². The number of hydrogen-bond acceptors (Lipinski definition) is 3. The Hall–Kier alpha value is -2.09. The second kappa shape index (κ2) is 6.19. The van der Waals surface area contributed by atoms with Crippen molar-refractivity contribution in [3.05, 3.63) is 50.7 Å². The van der Waals surface area contributed by atoms with Crippen LogP contribution in [-0.4, -0.2) is 9.55 Å².